The second-order valence-electron chi connectivity index (χ2n) is 7.74. The van der Waals surface area contributed by atoms with Crippen molar-refractivity contribution in [2.24, 2.45) is 5.73 Å². The molecular formula is C22H27BN6O2. The van der Waals surface area contributed by atoms with E-state index in [1.807, 2.05) is 19.1 Å². The van der Waals surface area contributed by atoms with Gasteiger partial charge in [0.25, 0.3) is 0 Å². The first-order valence-corrected chi connectivity index (χ1v) is 10.5. The molecule has 0 amide bonds. The van der Waals surface area contributed by atoms with Gasteiger partial charge in [-0.1, -0.05) is 43.3 Å². The molecule has 0 radical (unpaired) electrons. The zero-order valence-electron chi connectivity index (χ0n) is 17.8. The number of benzene rings is 2. The van der Waals surface area contributed by atoms with E-state index < -0.39 is 7.12 Å². The lowest BCUT2D eigenvalue weighted by molar-refractivity contribution is 0.425. The maximum Gasteiger partial charge on any atom is 0.488 e. The van der Waals surface area contributed by atoms with Gasteiger partial charge >= 0.3 is 7.12 Å². The topological polar surface area (TPSA) is 120 Å². The van der Waals surface area contributed by atoms with Gasteiger partial charge in [-0.2, -0.15) is 15.0 Å². The van der Waals surface area contributed by atoms with Gasteiger partial charge in [-0.05, 0) is 41.6 Å². The summed E-state index contributed by atoms with van der Waals surface area (Å²) >= 11 is 0. The SMILES string of the molecule is CCc1nc(NCc2cccc(B(O)O)c2)nc(N2c3cccc(CN)c3CC2C)n1. The van der Waals surface area contributed by atoms with Crippen LogP contribution in [0.1, 0.15) is 36.4 Å². The van der Waals surface area contributed by atoms with E-state index in [9.17, 15) is 10.0 Å². The third-order valence-electron chi connectivity index (χ3n) is 5.57. The molecule has 2 heterocycles. The molecule has 4 rings (SSSR count). The molecule has 0 saturated carbocycles. The molecule has 2 aromatic carbocycles. The molecule has 1 atom stereocenters. The van der Waals surface area contributed by atoms with Crippen LogP contribution in [0.15, 0.2) is 42.5 Å². The first-order valence-electron chi connectivity index (χ1n) is 10.5. The number of anilines is 3. The van der Waals surface area contributed by atoms with Crippen LogP contribution in [0.2, 0.25) is 0 Å². The van der Waals surface area contributed by atoms with E-state index in [1.165, 1.54) is 5.56 Å². The molecule has 5 N–H and O–H groups in total. The van der Waals surface area contributed by atoms with Crippen molar-refractivity contribution < 1.29 is 10.0 Å². The van der Waals surface area contributed by atoms with Crippen LogP contribution in [0.3, 0.4) is 0 Å². The molecule has 160 valence electrons. The zero-order valence-corrected chi connectivity index (χ0v) is 17.8. The van der Waals surface area contributed by atoms with Crippen molar-refractivity contribution >= 4 is 30.2 Å². The largest absolute Gasteiger partial charge is 0.488 e. The summed E-state index contributed by atoms with van der Waals surface area (Å²) in [6, 6.07) is 13.5. The highest BCUT2D eigenvalue weighted by atomic mass is 16.4. The Morgan fingerprint density at radius 2 is 1.97 bits per heavy atom. The van der Waals surface area contributed by atoms with Gasteiger partial charge < -0.3 is 26.0 Å². The predicted octanol–water partition coefficient (Wildman–Crippen LogP) is 1.27. The molecule has 0 aliphatic carbocycles. The number of nitrogens with one attached hydrogen (secondary N) is 1. The highest BCUT2D eigenvalue weighted by Crippen LogP contribution is 2.38. The molecule has 0 saturated heterocycles. The fraction of sp³-hybridized carbons (Fsp3) is 0.318. The van der Waals surface area contributed by atoms with Crippen molar-refractivity contribution in [1.82, 2.24) is 15.0 Å². The summed E-state index contributed by atoms with van der Waals surface area (Å²) in [5.74, 6) is 1.82. The first kappa shape index (κ1) is 21.2. The van der Waals surface area contributed by atoms with Gasteiger partial charge in [0.15, 0.2) is 0 Å². The van der Waals surface area contributed by atoms with Gasteiger partial charge in [-0.25, -0.2) is 0 Å². The molecule has 9 heteroatoms. The quantitative estimate of drug-likeness (QED) is 0.424. The zero-order chi connectivity index (χ0) is 22.0. The lowest BCUT2D eigenvalue weighted by Crippen LogP contribution is -2.30. The maximum absolute atomic E-state index is 9.39. The summed E-state index contributed by atoms with van der Waals surface area (Å²) in [5.41, 5.74) is 10.8. The molecule has 8 nitrogen and oxygen atoms in total. The summed E-state index contributed by atoms with van der Waals surface area (Å²) in [4.78, 5) is 16.1. The third-order valence-corrected chi connectivity index (χ3v) is 5.57. The van der Waals surface area contributed by atoms with Gasteiger partial charge in [-0.15, -0.1) is 0 Å². The average molecular weight is 418 g/mol. The third kappa shape index (κ3) is 4.39. The van der Waals surface area contributed by atoms with Crippen LogP contribution >= 0.6 is 0 Å². The number of aromatic nitrogens is 3. The van der Waals surface area contributed by atoms with E-state index in [4.69, 9.17) is 15.7 Å². The van der Waals surface area contributed by atoms with E-state index in [0.717, 1.165) is 23.2 Å². The Morgan fingerprint density at radius 3 is 2.71 bits per heavy atom. The monoisotopic (exact) mass is 418 g/mol. The van der Waals surface area contributed by atoms with Gasteiger partial charge in [0.1, 0.15) is 5.82 Å². The summed E-state index contributed by atoms with van der Waals surface area (Å²) in [6.07, 6.45) is 1.59. The van der Waals surface area contributed by atoms with E-state index in [2.05, 4.69) is 34.3 Å². The van der Waals surface area contributed by atoms with E-state index in [1.54, 1.807) is 18.2 Å². The Hall–Kier alpha value is -3.01. The van der Waals surface area contributed by atoms with Crippen molar-refractivity contribution in [3.8, 4) is 0 Å². The Morgan fingerprint density at radius 1 is 1.16 bits per heavy atom. The van der Waals surface area contributed by atoms with E-state index in [0.29, 0.717) is 42.7 Å². The molecule has 0 bridgehead atoms. The number of rotatable bonds is 7. The van der Waals surface area contributed by atoms with Crippen LogP contribution in [0.25, 0.3) is 0 Å². The maximum atomic E-state index is 9.39. The van der Waals surface area contributed by atoms with Crippen LogP contribution < -0.4 is 21.4 Å². The summed E-state index contributed by atoms with van der Waals surface area (Å²) < 4.78 is 0. The molecule has 1 unspecified atom stereocenters. The van der Waals surface area contributed by atoms with Gasteiger partial charge in [-0.3, -0.25) is 0 Å². The van der Waals surface area contributed by atoms with Crippen molar-refractivity contribution in [2.45, 2.75) is 45.8 Å². The lowest BCUT2D eigenvalue weighted by Gasteiger charge is -2.23. The van der Waals surface area contributed by atoms with Gasteiger partial charge in [0.2, 0.25) is 11.9 Å². The van der Waals surface area contributed by atoms with Gasteiger partial charge in [0, 0.05) is 31.2 Å². The van der Waals surface area contributed by atoms with Crippen LogP contribution in [-0.4, -0.2) is 38.2 Å². The smallest absolute Gasteiger partial charge is 0.423 e. The molecule has 1 aliphatic rings. The molecule has 0 spiro atoms. The van der Waals surface area contributed by atoms with Crippen LogP contribution in [0, 0.1) is 0 Å². The average Bonchev–Trinajstić information content (AvgIpc) is 3.13. The Labute approximate surface area is 182 Å². The molecular weight excluding hydrogens is 391 g/mol. The van der Waals surface area contributed by atoms with E-state index >= 15 is 0 Å². The van der Waals surface area contributed by atoms with Gasteiger partial charge in [0.05, 0.1) is 0 Å². The molecule has 0 fully saturated rings. The van der Waals surface area contributed by atoms with Crippen LogP contribution in [-0.2, 0) is 25.9 Å². The van der Waals surface area contributed by atoms with Crippen LogP contribution in [0.5, 0.6) is 0 Å². The lowest BCUT2D eigenvalue weighted by atomic mass is 9.80. The summed E-state index contributed by atoms with van der Waals surface area (Å²) in [6.45, 7) is 5.14. The summed E-state index contributed by atoms with van der Waals surface area (Å²) in [7, 11) is -1.49. The summed E-state index contributed by atoms with van der Waals surface area (Å²) in [5, 5.41) is 22.0. The minimum atomic E-state index is -1.49. The van der Waals surface area contributed by atoms with Crippen molar-refractivity contribution in [1.29, 1.82) is 0 Å². The number of hydrogen-bond acceptors (Lipinski definition) is 8. The number of hydrogen-bond donors (Lipinski definition) is 4. The first-order chi connectivity index (χ1) is 15.0. The number of nitrogens with two attached hydrogens (primary N) is 1. The molecule has 1 aliphatic heterocycles. The number of fused-ring (bicyclic) bond motifs is 1. The number of nitrogens with zero attached hydrogens (tertiary/aromatic N) is 4. The standard InChI is InChI=1S/C22H27BN6O2/c1-3-20-26-21(25-13-15-6-4-8-17(11-15)23(30)31)28-22(27-20)29-14(2)10-18-16(12-24)7-5-9-19(18)29/h4-9,11,14,30-31H,3,10,12-13,24H2,1-2H3,(H,25,26,27,28). The normalized spacial score (nSPS) is 15.1. The second kappa shape index (κ2) is 9.01. The fourth-order valence-corrected chi connectivity index (χ4v) is 4.00. The molecule has 1 aromatic heterocycles. The minimum absolute atomic E-state index is 0.213. The van der Waals surface area contributed by atoms with Crippen molar-refractivity contribution in [2.75, 3.05) is 10.2 Å². The molecule has 3 aromatic rings. The molecule has 31 heavy (non-hydrogen) atoms. The predicted molar refractivity (Wildman–Crippen MR) is 122 cm³/mol. The Kier molecular flexibility index (Phi) is 6.17. The van der Waals surface area contributed by atoms with Crippen molar-refractivity contribution in [3.05, 3.63) is 65.0 Å². The Balaban J connectivity index is 1.63. The Bertz CT molecular complexity index is 1080. The van der Waals surface area contributed by atoms with Crippen molar-refractivity contribution in [3.63, 3.8) is 0 Å². The second-order valence-corrected chi connectivity index (χ2v) is 7.74. The minimum Gasteiger partial charge on any atom is -0.423 e. The fourth-order valence-electron chi connectivity index (χ4n) is 4.00. The number of aryl methyl sites for hydroxylation is 1. The van der Waals surface area contributed by atoms with Crippen LogP contribution in [0.4, 0.5) is 17.6 Å². The highest BCUT2D eigenvalue weighted by Gasteiger charge is 2.31. The van der Waals surface area contributed by atoms with E-state index in [-0.39, 0.29) is 6.04 Å². The highest BCUT2D eigenvalue weighted by molar-refractivity contribution is 6.58.